The molecule has 2 nitrogen and oxygen atoms in total. The maximum absolute atomic E-state index is 9.69. The summed E-state index contributed by atoms with van der Waals surface area (Å²) in [6, 6.07) is 17.7. The highest BCUT2D eigenvalue weighted by Gasteiger charge is 2.19. The first-order valence-corrected chi connectivity index (χ1v) is 5.56. The van der Waals surface area contributed by atoms with Gasteiger partial charge in [-0.1, -0.05) is 48.5 Å². The van der Waals surface area contributed by atoms with E-state index in [9.17, 15) is 5.11 Å². The fraction of sp³-hybridized carbons (Fsp3) is 0.0667. The summed E-state index contributed by atoms with van der Waals surface area (Å²) in [5.74, 6) is 0.723. The third-order valence-electron chi connectivity index (χ3n) is 2.82. The number of benzene rings is 2. The van der Waals surface area contributed by atoms with Crippen LogP contribution in [0.5, 0.6) is 5.75 Å². The molecule has 0 fully saturated rings. The minimum atomic E-state index is -0.875. The summed E-state index contributed by atoms with van der Waals surface area (Å²) in [7, 11) is 0. The summed E-state index contributed by atoms with van der Waals surface area (Å²) in [5.41, 5.74) is 3.12. The van der Waals surface area contributed by atoms with Crippen molar-refractivity contribution in [2.45, 2.75) is 6.29 Å². The zero-order chi connectivity index (χ0) is 11.7. The van der Waals surface area contributed by atoms with Gasteiger partial charge in [-0.15, -0.1) is 0 Å². The fourth-order valence-electron chi connectivity index (χ4n) is 2.06. The third kappa shape index (κ3) is 1.83. The van der Waals surface area contributed by atoms with E-state index in [-0.39, 0.29) is 0 Å². The molecule has 0 saturated carbocycles. The van der Waals surface area contributed by atoms with Crippen LogP contribution in [0.1, 0.15) is 11.1 Å². The average Bonchev–Trinajstić information content (AvgIpc) is 2.39. The van der Waals surface area contributed by atoms with E-state index in [0.29, 0.717) is 0 Å². The van der Waals surface area contributed by atoms with Crippen LogP contribution in [0.3, 0.4) is 0 Å². The highest BCUT2D eigenvalue weighted by atomic mass is 16.6. The molecule has 2 aromatic rings. The molecule has 2 aromatic carbocycles. The standard InChI is InChI=1S/C15H12O2/c16-15-10-13(11-6-2-1-3-7-11)12-8-4-5-9-14(12)17-15/h1-10,15-16H/t15-/m0/s1. The summed E-state index contributed by atoms with van der Waals surface area (Å²) in [6.07, 6.45) is 0.859. The van der Waals surface area contributed by atoms with Crippen LogP contribution in [0, 0.1) is 0 Å². The minimum Gasteiger partial charge on any atom is -0.461 e. The maximum Gasteiger partial charge on any atom is 0.218 e. The number of hydrogen-bond donors (Lipinski definition) is 1. The highest BCUT2D eigenvalue weighted by molar-refractivity contribution is 5.83. The van der Waals surface area contributed by atoms with Gasteiger partial charge in [-0.3, -0.25) is 0 Å². The summed E-state index contributed by atoms with van der Waals surface area (Å²) in [4.78, 5) is 0. The first-order chi connectivity index (χ1) is 8.34. The van der Waals surface area contributed by atoms with Crippen LogP contribution in [0.4, 0.5) is 0 Å². The van der Waals surface area contributed by atoms with Crippen molar-refractivity contribution in [3.05, 3.63) is 71.8 Å². The van der Waals surface area contributed by atoms with Gasteiger partial charge in [-0.05, 0) is 23.3 Å². The van der Waals surface area contributed by atoms with Gasteiger partial charge >= 0.3 is 0 Å². The Morgan fingerprint density at radius 3 is 2.41 bits per heavy atom. The molecule has 84 valence electrons. The molecule has 0 unspecified atom stereocenters. The number of rotatable bonds is 1. The summed E-state index contributed by atoms with van der Waals surface area (Å²) in [5, 5.41) is 9.69. The lowest BCUT2D eigenvalue weighted by Crippen LogP contribution is -2.17. The van der Waals surface area contributed by atoms with E-state index in [1.165, 1.54) is 0 Å². The first-order valence-electron chi connectivity index (χ1n) is 5.56. The van der Waals surface area contributed by atoms with Crippen molar-refractivity contribution in [1.82, 2.24) is 0 Å². The van der Waals surface area contributed by atoms with E-state index in [0.717, 1.165) is 22.4 Å². The van der Waals surface area contributed by atoms with Crippen LogP contribution in [0.15, 0.2) is 60.7 Å². The van der Waals surface area contributed by atoms with Crippen LogP contribution in [0.25, 0.3) is 5.57 Å². The zero-order valence-corrected chi connectivity index (χ0v) is 9.21. The smallest absolute Gasteiger partial charge is 0.218 e. The molecule has 0 bridgehead atoms. The van der Waals surface area contributed by atoms with Crippen molar-refractivity contribution in [2.24, 2.45) is 0 Å². The quantitative estimate of drug-likeness (QED) is 0.807. The summed E-state index contributed by atoms with van der Waals surface area (Å²) in [6.45, 7) is 0. The molecule has 1 heterocycles. The predicted octanol–water partition coefficient (Wildman–Crippen LogP) is 2.83. The molecule has 0 aromatic heterocycles. The lowest BCUT2D eigenvalue weighted by Gasteiger charge is -2.22. The molecule has 0 amide bonds. The number of aliphatic hydroxyl groups excluding tert-OH is 1. The van der Waals surface area contributed by atoms with Crippen LogP contribution >= 0.6 is 0 Å². The van der Waals surface area contributed by atoms with Crippen LogP contribution < -0.4 is 4.74 Å². The number of hydrogen-bond acceptors (Lipinski definition) is 2. The summed E-state index contributed by atoms with van der Waals surface area (Å²) >= 11 is 0. The normalized spacial score (nSPS) is 17.9. The van der Waals surface area contributed by atoms with E-state index in [2.05, 4.69) is 0 Å². The van der Waals surface area contributed by atoms with Crippen molar-refractivity contribution >= 4 is 5.57 Å². The van der Waals surface area contributed by atoms with Crippen molar-refractivity contribution in [2.75, 3.05) is 0 Å². The Kier molecular flexibility index (Phi) is 2.42. The van der Waals surface area contributed by atoms with Gasteiger partial charge in [0.05, 0.1) is 0 Å². The SMILES string of the molecule is O[C@@H]1C=C(c2ccccc2)c2ccccc2O1. The van der Waals surface area contributed by atoms with Crippen LogP contribution in [0.2, 0.25) is 0 Å². The van der Waals surface area contributed by atoms with E-state index in [1.807, 2.05) is 54.6 Å². The second-order valence-electron chi connectivity index (χ2n) is 3.95. The van der Waals surface area contributed by atoms with E-state index < -0.39 is 6.29 Å². The Morgan fingerprint density at radius 2 is 1.59 bits per heavy atom. The predicted molar refractivity (Wildman–Crippen MR) is 66.6 cm³/mol. The molecule has 3 rings (SSSR count). The molecule has 1 atom stereocenters. The van der Waals surface area contributed by atoms with Crippen molar-refractivity contribution in [1.29, 1.82) is 0 Å². The van der Waals surface area contributed by atoms with Crippen molar-refractivity contribution in [3.63, 3.8) is 0 Å². The molecule has 0 aliphatic carbocycles. The molecule has 0 saturated heterocycles. The van der Waals surface area contributed by atoms with Gasteiger partial charge in [-0.2, -0.15) is 0 Å². The second kappa shape index (κ2) is 4.07. The number of fused-ring (bicyclic) bond motifs is 1. The van der Waals surface area contributed by atoms with E-state index in [1.54, 1.807) is 6.08 Å². The molecule has 17 heavy (non-hydrogen) atoms. The van der Waals surface area contributed by atoms with Gasteiger partial charge in [-0.25, -0.2) is 0 Å². The van der Waals surface area contributed by atoms with E-state index >= 15 is 0 Å². The Bertz CT molecular complexity index is 558. The van der Waals surface area contributed by atoms with Gasteiger partial charge in [0, 0.05) is 5.56 Å². The number of aliphatic hydroxyl groups is 1. The molecule has 1 aliphatic rings. The lowest BCUT2D eigenvalue weighted by atomic mass is 9.95. The Labute approximate surface area is 99.8 Å². The van der Waals surface area contributed by atoms with Gasteiger partial charge < -0.3 is 9.84 Å². The molecule has 2 heteroatoms. The molecular formula is C15H12O2. The van der Waals surface area contributed by atoms with Crippen molar-refractivity contribution in [3.8, 4) is 5.75 Å². The maximum atomic E-state index is 9.69. The number of ether oxygens (including phenoxy) is 1. The average molecular weight is 224 g/mol. The second-order valence-corrected chi connectivity index (χ2v) is 3.95. The topological polar surface area (TPSA) is 29.5 Å². The van der Waals surface area contributed by atoms with Crippen LogP contribution in [-0.2, 0) is 0 Å². The minimum absolute atomic E-state index is 0.723. The highest BCUT2D eigenvalue weighted by Crippen LogP contribution is 2.35. The fourth-order valence-corrected chi connectivity index (χ4v) is 2.06. The summed E-state index contributed by atoms with van der Waals surface area (Å²) < 4.78 is 5.36. The van der Waals surface area contributed by atoms with Gasteiger partial charge in [0.25, 0.3) is 0 Å². The Morgan fingerprint density at radius 1 is 0.882 bits per heavy atom. The Balaban J connectivity index is 2.16. The Hall–Kier alpha value is -2.06. The number of para-hydroxylation sites is 1. The first kappa shape index (κ1) is 10.1. The van der Waals surface area contributed by atoms with Gasteiger partial charge in [0.1, 0.15) is 5.75 Å². The molecular weight excluding hydrogens is 212 g/mol. The monoisotopic (exact) mass is 224 g/mol. The van der Waals surface area contributed by atoms with Crippen LogP contribution in [-0.4, -0.2) is 11.4 Å². The van der Waals surface area contributed by atoms with E-state index in [4.69, 9.17) is 4.74 Å². The molecule has 1 aliphatic heterocycles. The van der Waals surface area contributed by atoms with Gasteiger partial charge in [0.15, 0.2) is 0 Å². The largest absolute Gasteiger partial charge is 0.461 e. The zero-order valence-electron chi connectivity index (χ0n) is 9.21. The molecule has 0 radical (unpaired) electrons. The lowest BCUT2D eigenvalue weighted by molar-refractivity contribution is 0.0226. The van der Waals surface area contributed by atoms with Gasteiger partial charge in [0.2, 0.25) is 6.29 Å². The molecule has 1 N–H and O–H groups in total. The van der Waals surface area contributed by atoms with Crippen molar-refractivity contribution < 1.29 is 9.84 Å². The molecule has 0 spiro atoms. The third-order valence-corrected chi connectivity index (χ3v) is 2.82.